The molecule has 2 heteroatoms. The largest absolute Gasteiger partial charge is 0.487 e. The van der Waals surface area contributed by atoms with Crippen LogP contribution in [0.3, 0.4) is 0 Å². The highest BCUT2D eigenvalue weighted by molar-refractivity contribution is 5.41. The quantitative estimate of drug-likeness (QED) is 0.776. The lowest BCUT2D eigenvalue weighted by Gasteiger charge is -2.06. The zero-order chi connectivity index (χ0) is 11.2. The fourth-order valence-electron chi connectivity index (χ4n) is 1.36. The summed E-state index contributed by atoms with van der Waals surface area (Å²) < 4.78 is 5.56. The maximum atomic E-state index is 8.85. The van der Waals surface area contributed by atoms with Crippen molar-refractivity contribution >= 4 is 0 Å². The van der Waals surface area contributed by atoms with Crippen LogP contribution in [0.2, 0.25) is 0 Å². The Balaban J connectivity index is 2.09. The molecule has 2 aromatic carbocycles. The Kier molecular flexibility index (Phi) is 3.20. The lowest BCUT2D eigenvalue weighted by atomic mass is 10.2. The molecular formula is C14H10NO. The summed E-state index contributed by atoms with van der Waals surface area (Å²) in [6, 6.07) is 20.0. The molecule has 1 radical (unpaired) electrons. The third kappa shape index (κ3) is 2.40. The average molecular weight is 208 g/mol. The van der Waals surface area contributed by atoms with E-state index in [1.54, 1.807) is 18.2 Å². The summed E-state index contributed by atoms with van der Waals surface area (Å²) in [5.74, 6) is 0.578. The van der Waals surface area contributed by atoms with Gasteiger partial charge in [0, 0.05) is 6.07 Å². The van der Waals surface area contributed by atoms with E-state index in [0.29, 0.717) is 17.9 Å². The standard InChI is InChI=1S/C14H10NO/c15-10-13-8-4-5-9-14(13)16-11-12-6-2-1-3-7-12/h1-7,9H,11H2. The molecule has 0 N–H and O–H groups in total. The maximum Gasteiger partial charge on any atom is 0.138 e. The molecule has 77 valence electrons. The van der Waals surface area contributed by atoms with E-state index in [4.69, 9.17) is 10.00 Å². The Labute approximate surface area is 94.7 Å². The van der Waals surface area contributed by atoms with E-state index in [1.807, 2.05) is 30.3 Å². The third-order valence-corrected chi connectivity index (χ3v) is 2.17. The summed E-state index contributed by atoms with van der Waals surface area (Å²) >= 11 is 0. The van der Waals surface area contributed by atoms with E-state index in [0.717, 1.165) is 5.56 Å². The second-order valence-corrected chi connectivity index (χ2v) is 3.30. The van der Waals surface area contributed by atoms with Crippen molar-refractivity contribution in [1.29, 1.82) is 5.26 Å². The SMILES string of the molecule is N#Cc1[c]cccc1OCc1ccccc1. The van der Waals surface area contributed by atoms with E-state index in [9.17, 15) is 0 Å². The van der Waals surface area contributed by atoms with Crippen LogP contribution in [0.1, 0.15) is 11.1 Å². The van der Waals surface area contributed by atoms with Gasteiger partial charge in [-0.15, -0.1) is 0 Å². The number of benzene rings is 2. The molecule has 2 rings (SSSR count). The van der Waals surface area contributed by atoms with Gasteiger partial charge in [0.05, 0.1) is 0 Å². The van der Waals surface area contributed by atoms with Crippen molar-refractivity contribution in [3.8, 4) is 11.8 Å². The molecule has 0 aliphatic heterocycles. The van der Waals surface area contributed by atoms with Gasteiger partial charge in [-0.3, -0.25) is 0 Å². The van der Waals surface area contributed by atoms with E-state index in [1.165, 1.54) is 0 Å². The van der Waals surface area contributed by atoms with Crippen LogP contribution in [0, 0.1) is 17.4 Å². The first-order valence-electron chi connectivity index (χ1n) is 4.97. The Morgan fingerprint density at radius 3 is 2.69 bits per heavy atom. The molecule has 0 amide bonds. The zero-order valence-electron chi connectivity index (χ0n) is 8.68. The minimum Gasteiger partial charge on any atom is -0.487 e. The predicted octanol–water partition coefficient (Wildman–Crippen LogP) is 2.94. The Hall–Kier alpha value is -2.27. The molecule has 0 atom stereocenters. The molecule has 0 aliphatic carbocycles. The highest BCUT2D eigenvalue weighted by Gasteiger charge is 2.01. The molecule has 0 aromatic heterocycles. The van der Waals surface area contributed by atoms with Gasteiger partial charge in [0.15, 0.2) is 0 Å². The van der Waals surface area contributed by atoms with E-state index in [-0.39, 0.29) is 0 Å². The highest BCUT2D eigenvalue weighted by Crippen LogP contribution is 2.17. The lowest BCUT2D eigenvalue weighted by Crippen LogP contribution is -1.96. The second-order valence-electron chi connectivity index (χ2n) is 3.30. The van der Waals surface area contributed by atoms with Crippen molar-refractivity contribution in [2.24, 2.45) is 0 Å². The van der Waals surface area contributed by atoms with Gasteiger partial charge < -0.3 is 4.74 Å². The molecule has 2 aromatic rings. The molecule has 0 spiro atoms. The van der Waals surface area contributed by atoms with Crippen LogP contribution in [0.4, 0.5) is 0 Å². The first-order valence-corrected chi connectivity index (χ1v) is 4.97. The topological polar surface area (TPSA) is 33.0 Å². The van der Waals surface area contributed by atoms with Gasteiger partial charge in [0.1, 0.15) is 24.0 Å². The summed E-state index contributed by atoms with van der Waals surface area (Å²) in [4.78, 5) is 0. The van der Waals surface area contributed by atoms with Crippen LogP contribution in [0.5, 0.6) is 5.75 Å². The molecular weight excluding hydrogens is 198 g/mol. The van der Waals surface area contributed by atoms with Crippen molar-refractivity contribution in [3.63, 3.8) is 0 Å². The van der Waals surface area contributed by atoms with Crippen LogP contribution >= 0.6 is 0 Å². The van der Waals surface area contributed by atoms with E-state index < -0.39 is 0 Å². The number of nitrogens with zero attached hydrogens (tertiary/aromatic N) is 1. The molecule has 0 aliphatic rings. The maximum absolute atomic E-state index is 8.85. The van der Waals surface area contributed by atoms with Gasteiger partial charge in [-0.1, -0.05) is 42.5 Å². The van der Waals surface area contributed by atoms with E-state index in [2.05, 4.69) is 12.1 Å². The first kappa shape index (κ1) is 10.3. The van der Waals surface area contributed by atoms with Gasteiger partial charge in [-0.05, 0) is 11.6 Å². The summed E-state index contributed by atoms with van der Waals surface area (Å²) in [5, 5.41) is 8.85. The second kappa shape index (κ2) is 4.99. The van der Waals surface area contributed by atoms with Crippen LogP contribution < -0.4 is 4.74 Å². The average Bonchev–Trinajstić information content (AvgIpc) is 2.38. The molecule has 2 nitrogen and oxygen atoms in total. The van der Waals surface area contributed by atoms with Crippen LogP contribution in [0.15, 0.2) is 48.5 Å². The number of rotatable bonds is 3. The molecule has 0 fully saturated rings. The fraction of sp³-hybridized carbons (Fsp3) is 0.0714. The molecule has 0 unspecified atom stereocenters. The third-order valence-electron chi connectivity index (χ3n) is 2.17. The minimum absolute atomic E-state index is 0.443. The van der Waals surface area contributed by atoms with Gasteiger partial charge >= 0.3 is 0 Å². The van der Waals surface area contributed by atoms with Crippen molar-refractivity contribution in [2.75, 3.05) is 0 Å². The Morgan fingerprint density at radius 2 is 1.94 bits per heavy atom. The van der Waals surface area contributed by atoms with Crippen molar-refractivity contribution in [2.45, 2.75) is 6.61 Å². The lowest BCUT2D eigenvalue weighted by molar-refractivity contribution is 0.305. The number of ether oxygens (including phenoxy) is 1. The van der Waals surface area contributed by atoms with Crippen molar-refractivity contribution in [1.82, 2.24) is 0 Å². The minimum atomic E-state index is 0.443. The first-order chi connectivity index (χ1) is 7.90. The molecule has 0 saturated heterocycles. The molecule has 0 heterocycles. The normalized spacial score (nSPS) is 9.44. The number of hydrogen-bond donors (Lipinski definition) is 0. The van der Waals surface area contributed by atoms with Crippen LogP contribution in [-0.2, 0) is 6.61 Å². The summed E-state index contributed by atoms with van der Waals surface area (Å²) in [6.45, 7) is 0.466. The smallest absolute Gasteiger partial charge is 0.138 e. The number of nitriles is 1. The monoisotopic (exact) mass is 208 g/mol. The summed E-state index contributed by atoms with van der Waals surface area (Å²) in [7, 11) is 0. The van der Waals surface area contributed by atoms with Crippen molar-refractivity contribution < 1.29 is 4.74 Å². The van der Waals surface area contributed by atoms with Crippen LogP contribution in [0.25, 0.3) is 0 Å². The summed E-state index contributed by atoms with van der Waals surface area (Å²) in [6.07, 6.45) is 0. The van der Waals surface area contributed by atoms with Gasteiger partial charge in [-0.25, -0.2) is 0 Å². The zero-order valence-corrected chi connectivity index (χ0v) is 8.68. The number of hydrogen-bond acceptors (Lipinski definition) is 2. The molecule has 0 saturated carbocycles. The Bertz CT molecular complexity index is 500. The van der Waals surface area contributed by atoms with Gasteiger partial charge in [-0.2, -0.15) is 5.26 Å². The highest BCUT2D eigenvalue weighted by atomic mass is 16.5. The summed E-state index contributed by atoms with van der Waals surface area (Å²) in [5.41, 5.74) is 1.52. The predicted molar refractivity (Wildman–Crippen MR) is 60.8 cm³/mol. The van der Waals surface area contributed by atoms with E-state index >= 15 is 0 Å². The van der Waals surface area contributed by atoms with Crippen molar-refractivity contribution in [3.05, 3.63) is 65.7 Å². The Morgan fingerprint density at radius 1 is 1.12 bits per heavy atom. The fourth-order valence-corrected chi connectivity index (χ4v) is 1.36. The van der Waals surface area contributed by atoms with Gasteiger partial charge in [0.2, 0.25) is 0 Å². The molecule has 16 heavy (non-hydrogen) atoms. The molecule has 0 bridgehead atoms. The van der Waals surface area contributed by atoms with Crippen LogP contribution in [-0.4, -0.2) is 0 Å². The van der Waals surface area contributed by atoms with Gasteiger partial charge in [0.25, 0.3) is 0 Å².